The van der Waals surface area contributed by atoms with E-state index in [9.17, 15) is 8.78 Å². The third-order valence-corrected chi connectivity index (χ3v) is 4.49. The van der Waals surface area contributed by atoms with Gasteiger partial charge in [-0.2, -0.15) is 9.36 Å². The van der Waals surface area contributed by atoms with Gasteiger partial charge in [-0.3, -0.25) is 0 Å². The molecule has 2 atom stereocenters. The largest absolute Gasteiger partial charge is 0.480 e. The highest BCUT2D eigenvalue weighted by Gasteiger charge is 2.45. The standard InChI is InChI=1S/C15H11F2N3O2S/c1-21-15-11(6-23-20-15)13-18-14(22-19-13)10-5-9(10)8-3-2-7(16)4-12(8)17/h2-4,6,9-10H,5H2,1H3/t9-,10+/m0/s1. The number of halogens is 2. The van der Waals surface area contributed by atoms with Crippen LogP contribution in [-0.2, 0) is 0 Å². The van der Waals surface area contributed by atoms with Crippen LogP contribution >= 0.6 is 11.5 Å². The van der Waals surface area contributed by atoms with E-state index in [1.54, 1.807) is 5.38 Å². The lowest BCUT2D eigenvalue weighted by molar-refractivity contribution is 0.377. The average molecular weight is 335 g/mol. The van der Waals surface area contributed by atoms with Gasteiger partial charge in [0.2, 0.25) is 17.6 Å². The maximum atomic E-state index is 13.8. The zero-order valence-electron chi connectivity index (χ0n) is 12.0. The molecule has 0 unspecified atom stereocenters. The minimum absolute atomic E-state index is 0.0474. The van der Waals surface area contributed by atoms with E-state index in [2.05, 4.69) is 14.5 Å². The first-order valence-corrected chi connectivity index (χ1v) is 7.78. The van der Waals surface area contributed by atoms with Crippen molar-refractivity contribution < 1.29 is 18.0 Å². The van der Waals surface area contributed by atoms with E-state index < -0.39 is 11.6 Å². The number of hydrogen-bond donors (Lipinski definition) is 0. The van der Waals surface area contributed by atoms with Gasteiger partial charge in [-0.15, -0.1) is 0 Å². The third-order valence-electron chi connectivity index (χ3n) is 3.88. The van der Waals surface area contributed by atoms with Gasteiger partial charge in [0.25, 0.3) is 0 Å². The van der Waals surface area contributed by atoms with Crippen molar-refractivity contribution in [1.82, 2.24) is 14.5 Å². The summed E-state index contributed by atoms with van der Waals surface area (Å²) in [6.07, 6.45) is 0.698. The Balaban J connectivity index is 1.57. The monoisotopic (exact) mass is 335 g/mol. The van der Waals surface area contributed by atoms with Crippen molar-refractivity contribution in [2.45, 2.75) is 18.3 Å². The minimum atomic E-state index is -0.583. The van der Waals surface area contributed by atoms with E-state index in [4.69, 9.17) is 9.26 Å². The van der Waals surface area contributed by atoms with E-state index in [1.807, 2.05) is 0 Å². The molecule has 4 rings (SSSR count). The number of nitrogens with zero attached hydrogens (tertiary/aromatic N) is 3. The second-order valence-electron chi connectivity index (χ2n) is 5.31. The van der Waals surface area contributed by atoms with Crippen LogP contribution in [0.1, 0.15) is 29.7 Å². The van der Waals surface area contributed by atoms with Gasteiger partial charge in [-0.05, 0) is 35.5 Å². The Labute approximate surface area is 134 Å². The van der Waals surface area contributed by atoms with Crippen LogP contribution in [0, 0.1) is 11.6 Å². The summed E-state index contributed by atoms with van der Waals surface area (Å²) >= 11 is 1.24. The molecule has 1 fully saturated rings. The molecule has 8 heteroatoms. The highest BCUT2D eigenvalue weighted by molar-refractivity contribution is 7.04. The smallest absolute Gasteiger partial charge is 0.236 e. The summed E-state index contributed by atoms with van der Waals surface area (Å²) in [5.41, 5.74) is 1.14. The Morgan fingerprint density at radius 1 is 1.30 bits per heavy atom. The second kappa shape index (κ2) is 5.38. The van der Waals surface area contributed by atoms with Crippen LogP contribution < -0.4 is 4.74 Å². The zero-order chi connectivity index (χ0) is 16.0. The van der Waals surface area contributed by atoms with Crippen LogP contribution in [0.15, 0.2) is 28.1 Å². The first-order chi connectivity index (χ1) is 11.2. The number of benzene rings is 1. The molecule has 0 radical (unpaired) electrons. The molecule has 0 bridgehead atoms. The van der Waals surface area contributed by atoms with E-state index in [0.717, 1.165) is 6.07 Å². The molecule has 0 N–H and O–H groups in total. The van der Waals surface area contributed by atoms with E-state index in [1.165, 1.54) is 30.8 Å². The predicted molar refractivity (Wildman–Crippen MR) is 78.4 cm³/mol. The van der Waals surface area contributed by atoms with Crippen molar-refractivity contribution >= 4 is 11.5 Å². The fourth-order valence-corrected chi connectivity index (χ4v) is 3.26. The van der Waals surface area contributed by atoms with Crippen LogP contribution in [-0.4, -0.2) is 21.6 Å². The Kier molecular flexibility index (Phi) is 3.33. The molecule has 0 saturated heterocycles. The highest BCUT2D eigenvalue weighted by atomic mass is 32.1. The summed E-state index contributed by atoms with van der Waals surface area (Å²) in [6, 6.07) is 3.62. The van der Waals surface area contributed by atoms with Crippen LogP contribution in [0.25, 0.3) is 11.4 Å². The molecule has 118 valence electrons. The van der Waals surface area contributed by atoms with Crippen LogP contribution in [0.3, 0.4) is 0 Å². The first kappa shape index (κ1) is 14.3. The number of hydrogen-bond acceptors (Lipinski definition) is 6. The first-order valence-electron chi connectivity index (χ1n) is 6.94. The van der Waals surface area contributed by atoms with Gasteiger partial charge < -0.3 is 9.26 Å². The lowest BCUT2D eigenvalue weighted by atomic mass is 10.1. The number of rotatable bonds is 4. The molecule has 0 spiro atoms. The van der Waals surface area contributed by atoms with Gasteiger partial charge in [0.05, 0.1) is 12.7 Å². The van der Waals surface area contributed by atoms with Gasteiger partial charge in [0.15, 0.2) is 0 Å². The van der Waals surface area contributed by atoms with Gasteiger partial charge >= 0.3 is 0 Å². The summed E-state index contributed by atoms with van der Waals surface area (Å²) in [7, 11) is 1.52. The molecule has 1 aliphatic rings. The maximum Gasteiger partial charge on any atom is 0.236 e. The number of ether oxygens (including phenoxy) is 1. The fraction of sp³-hybridized carbons (Fsp3) is 0.267. The molecule has 0 amide bonds. The molecular weight excluding hydrogens is 324 g/mol. The number of methoxy groups -OCH3 is 1. The third kappa shape index (κ3) is 2.48. The normalized spacial score (nSPS) is 19.8. The molecular formula is C15H11F2N3O2S. The van der Waals surface area contributed by atoms with Crippen molar-refractivity contribution in [2.24, 2.45) is 0 Å². The summed E-state index contributed by atoms with van der Waals surface area (Å²) in [6.45, 7) is 0. The Morgan fingerprint density at radius 3 is 2.96 bits per heavy atom. The molecule has 2 heterocycles. The zero-order valence-corrected chi connectivity index (χ0v) is 12.8. The molecule has 5 nitrogen and oxygen atoms in total. The second-order valence-corrected chi connectivity index (χ2v) is 5.94. The summed E-state index contributed by atoms with van der Waals surface area (Å²) < 4.78 is 41.3. The topological polar surface area (TPSA) is 61.0 Å². The summed E-state index contributed by atoms with van der Waals surface area (Å²) in [4.78, 5) is 4.36. The quantitative estimate of drug-likeness (QED) is 0.727. The van der Waals surface area contributed by atoms with Crippen LogP contribution in [0.2, 0.25) is 0 Å². The Morgan fingerprint density at radius 2 is 2.17 bits per heavy atom. The maximum absolute atomic E-state index is 13.8. The van der Waals surface area contributed by atoms with Gasteiger partial charge in [0.1, 0.15) is 11.6 Å². The highest BCUT2D eigenvalue weighted by Crippen LogP contribution is 2.54. The minimum Gasteiger partial charge on any atom is -0.480 e. The fourth-order valence-electron chi connectivity index (χ4n) is 2.63. The predicted octanol–water partition coefficient (Wildman–Crippen LogP) is 3.75. The SMILES string of the molecule is COc1nscc1-c1noc([C@@H]2C[C@H]2c2ccc(F)cc2F)n1. The van der Waals surface area contributed by atoms with E-state index >= 15 is 0 Å². The van der Waals surface area contributed by atoms with Gasteiger partial charge in [0, 0.05) is 17.4 Å². The Hall–Kier alpha value is -2.35. The summed E-state index contributed by atoms with van der Waals surface area (Å²) in [5.74, 6) is 0.0544. The Bertz CT molecular complexity index is 864. The number of aromatic nitrogens is 3. The summed E-state index contributed by atoms with van der Waals surface area (Å²) in [5, 5.41) is 5.72. The van der Waals surface area contributed by atoms with Crippen molar-refractivity contribution in [3.63, 3.8) is 0 Å². The van der Waals surface area contributed by atoms with E-state index in [-0.39, 0.29) is 11.8 Å². The van der Waals surface area contributed by atoms with Gasteiger partial charge in [-0.1, -0.05) is 11.2 Å². The molecule has 1 aliphatic carbocycles. The van der Waals surface area contributed by atoms with Crippen molar-refractivity contribution in [3.05, 3.63) is 46.7 Å². The molecule has 1 saturated carbocycles. The van der Waals surface area contributed by atoms with Crippen LogP contribution in [0.4, 0.5) is 8.78 Å². The van der Waals surface area contributed by atoms with Crippen molar-refractivity contribution in [1.29, 1.82) is 0 Å². The van der Waals surface area contributed by atoms with Crippen LogP contribution in [0.5, 0.6) is 5.88 Å². The average Bonchev–Trinajstić information content (AvgIpc) is 2.98. The van der Waals surface area contributed by atoms with E-state index in [0.29, 0.717) is 35.1 Å². The molecule has 0 aliphatic heterocycles. The lowest BCUT2D eigenvalue weighted by Gasteiger charge is -2.00. The molecule has 2 aromatic heterocycles. The van der Waals surface area contributed by atoms with Crippen molar-refractivity contribution in [3.8, 4) is 17.3 Å². The molecule has 1 aromatic carbocycles. The molecule has 23 heavy (non-hydrogen) atoms. The lowest BCUT2D eigenvalue weighted by Crippen LogP contribution is -1.91. The van der Waals surface area contributed by atoms with Crippen molar-refractivity contribution in [2.75, 3.05) is 7.11 Å². The molecule has 3 aromatic rings. The van der Waals surface area contributed by atoms with Gasteiger partial charge in [-0.25, -0.2) is 8.78 Å².